The summed E-state index contributed by atoms with van der Waals surface area (Å²) >= 11 is 0. The lowest BCUT2D eigenvalue weighted by Gasteiger charge is -2.41. The van der Waals surface area contributed by atoms with Gasteiger partial charge < -0.3 is 24.1 Å². The Morgan fingerprint density at radius 1 is 0.938 bits per heavy atom. The number of hydrogen-bond acceptors (Lipinski definition) is 5. The van der Waals surface area contributed by atoms with Crippen molar-refractivity contribution in [3.8, 4) is 22.4 Å². The van der Waals surface area contributed by atoms with Crippen LogP contribution in [-0.2, 0) is 25.5 Å². The minimum Gasteiger partial charge on any atom is -0.460 e. The molecule has 1 N–H and O–H groups in total. The number of halogens is 1. The van der Waals surface area contributed by atoms with Crippen LogP contribution in [0.5, 0.6) is 0 Å². The molecule has 0 radical (unpaired) electrons. The van der Waals surface area contributed by atoms with Gasteiger partial charge in [-0.25, -0.2) is 4.39 Å². The zero-order chi connectivity index (χ0) is 34.6. The first-order valence-corrected chi connectivity index (χ1v) is 16.7. The number of ether oxygens (including phenoxy) is 3. The molecule has 1 amide bonds. The first-order chi connectivity index (χ1) is 22.7. The van der Waals surface area contributed by atoms with Crippen molar-refractivity contribution in [1.82, 2.24) is 4.57 Å². The normalized spacial score (nSPS) is 17.7. The van der Waals surface area contributed by atoms with E-state index in [4.69, 9.17) is 14.2 Å². The predicted octanol–water partition coefficient (Wildman–Crippen LogP) is 9.37. The van der Waals surface area contributed by atoms with E-state index in [0.29, 0.717) is 47.5 Å². The smallest absolute Gasteiger partial charge is 0.308 e. The van der Waals surface area contributed by atoms with Gasteiger partial charge in [-0.15, -0.1) is 0 Å². The lowest BCUT2D eigenvalue weighted by Crippen LogP contribution is -2.46. The lowest BCUT2D eigenvalue weighted by atomic mass is 9.94. The van der Waals surface area contributed by atoms with E-state index in [1.165, 1.54) is 6.07 Å². The van der Waals surface area contributed by atoms with E-state index in [-0.39, 0.29) is 42.2 Å². The summed E-state index contributed by atoms with van der Waals surface area (Å²) in [6, 6.07) is 25.7. The minimum absolute atomic E-state index is 0.0866. The molecule has 1 saturated heterocycles. The van der Waals surface area contributed by atoms with Crippen LogP contribution in [0.25, 0.3) is 22.4 Å². The molecule has 0 saturated carbocycles. The third kappa shape index (κ3) is 8.41. The summed E-state index contributed by atoms with van der Waals surface area (Å²) in [5, 5.41) is 3.10. The molecule has 0 unspecified atom stereocenters. The van der Waals surface area contributed by atoms with Gasteiger partial charge in [0.1, 0.15) is 11.4 Å². The Morgan fingerprint density at radius 2 is 1.54 bits per heavy atom. The fraction of sp³-hybridized carbons (Fsp3) is 0.400. The van der Waals surface area contributed by atoms with Crippen LogP contribution in [0.15, 0.2) is 84.9 Å². The molecule has 5 rings (SSSR count). The van der Waals surface area contributed by atoms with Crippen LogP contribution in [-0.4, -0.2) is 40.0 Å². The van der Waals surface area contributed by atoms with E-state index in [1.807, 2.05) is 101 Å². The number of carbonyl (C=O) groups excluding carboxylic acids is 2. The van der Waals surface area contributed by atoms with Gasteiger partial charge in [-0.05, 0) is 76.8 Å². The highest BCUT2D eigenvalue weighted by molar-refractivity contribution is 6.12. The molecule has 1 aliphatic rings. The Labute approximate surface area is 283 Å². The molecule has 1 aromatic heterocycles. The van der Waals surface area contributed by atoms with Crippen LogP contribution in [0.4, 0.5) is 10.1 Å². The average molecular weight is 655 g/mol. The van der Waals surface area contributed by atoms with E-state index in [0.717, 1.165) is 11.3 Å². The van der Waals surface area contributed by atoms with Crippen LogP contribution in [0.2, 0.25) is 0 Å². The molecular weight excluding hydrogens is 607 g/mol. The van der Waals surface area contributed by atoms with Gasteiger partial charge in [0, 0.05) is 35.5 Å². The molecule has 4 aromatic rings. The molecule has 254 valence electrons. The summed E-state index contributed by atoms with van der Waals surface area (Å²) in [6.07, 6.45) is 0.494. The Kier molecular flexibility index (Phi) is 10.6. The molecule has 3 aromatic carbocycles. The largest absolute Gasteiger partial charge is 0.460 e. The number of nitrogens with zero attached hydrogens (tertiary/aromatic N) is 1. The average Bonchev–Trinajstić information content (AvgIpc) is 3.35. The highest BCUT2D eigenvalue weighted by Crippen LogP contribution is 2.43. The van der Waals surface area contributed by atoms with Crippen molar-refractivity contribution < 1.29 is 28.2 Å². The zero-order valence-corrected chi connectivity index (χ0v) is 29.0. The second-order valence-corrected chi connectivity index (χ2v) is 14.2. The van der Waals surface area contributed by atoms with E-state index < -0.39 is 11.4 Å². The molecule has 7 nitrogen and oxygen atoms in total. The number of esters is 1. The number of anilines is 1. The zero-order valence-electron chi connectivity index (χ0n) is 29.0. The first kappa shape index (κ1) is 35.0. The third-order valence-corrected chi connectivity index (χ3v) is 8.22. The molecule has 2 heterocycles. The van der Waals surface area contributed by atoms with Gasteiger partial charge in [-0.2, -0.15) is 0 Å². The molecule has 8 heteroatoms. The van der Waals surface area contributed by atoms with Crippen molar-refractivity contribution in [3.05, 3.63) is 102 Å². The number of nitrogens with one attached hydrogen (secondary N) is 1. The number of amides is 1. The minimum atomic E-state index is -0.919. The van der Waals surface area contributed by atoms with Crippen LogP contribution >= 0.6 is 0 Å². The van der Waals surface area contributed by atoms with Gasteiger partial charge in [-0.1, -0.05) is 74.5 Å². The number of rotatable bonds is 10. The molecule has 0 spiro atoms. The predicted molar refractivity (Wildman–Crippen MR) is 187 cm³/mol. The Morgan fingerprint density at radius 3 is 2.17 bits per heavy atom. The van der Waals surface area contributed by atoms with Crippen molar-refractivity contribution in [2.45, 2.75) is 104 Å². The van der Waals surface area contributed by atoms with E-state index in [1.54, 1.807) is 12.1 Å². The van der Waals surface area contributed by atoms with Crippen LogP contribution < -0.4 is 5.32 Å². The van der Waals surface area contributed by atoms with Crippen molar-refractivity contribution in [2.75, 3.05) is 5.32 Å². The first-order valence-electron chi connectivity index (χ1n) is 16.7. The monoisotopic (exact) mass is 654 g/mol. The quantitative estimate of drug-likeness (QED) is 0.172. The summed E-state index contributed by atoms with van der Waals surface area (Å²) < 4.78 is 36.0. The summed E-state index contributed by atoms with van der Waals surface area (Å²) in [7, 11) is 0. The molecule has 2 atom stereocenters. The molecule has 0 bridgehead atoms. The van der Waals surface area contributed by atoms with Gasteiger partial charge >= 0.3 is 5.97 Å². The Hall–Kier alpha value is -4.27. The SMILES string of the molecule is CC(C)c1c(C(=O)Nc2ccccc2)c(-c2ccccc2)c(-c2ccccc2F)n1CC[C@@H]1C[C@H](CC(=O)OC(C)(C)C)OC(C)(C)O1. The van der Waals surface area contributed by atoms with Crippen LogP contribution in [0.3, 0.4) is 0 Å². The van der Waals surface area contributed by atoms with Crippen molar-refractivity contribution in [2.24, 2.45) is 0 Å². The molecule has 1 aliphatic heterocycles. The Bertz CT molecular complexity index is 1720. The van der Waals surface area contributed by atoms with Gasteiger partial charge in [-0.3, -0.25) is 9.59 Å². The van der Waals surface area contributed by atoms with Crippen LogP contribution in [0.1, 0.15) is 89.7 Å². The van der Waals surface area contributed by atoms with Gasteiger partial charge in [0.05, 0.1) is 29.9 Å². The maximum atomic E-state index is 15.8. The fourth-order valence-corrected chi connectivity index (χ4v) is 6.60. The number of benzene rings is 3. The summed E-state index contributed by atoms with van der Waals surface area (Å²) in [4.78, 5) is 27.1. The highest BCUT2D eigenvalue weighted by Gasteiger charge is 2.38. The lowest BCUT2D eigenvalue weighted by molar-refractivity contribution is -0.301. The summed E-state index contributed by atoms with van der Waals surface area (Å²) in [5.74, 6) is -1.96. The third-order valence-electron chi connectivity index (χ3n) is 8.22. The number of aromatic nitrogens is 1. The van der Waals surface area contributed by atoms with Crippen molar-refractivity contribution in [1.29, 1.82) is 0 Å². The maximum absolute atomic E-state index is 15.8. The van der Waals surface area contributed by atoms with E-state index >= 15 is 4.39 Å². The second kappa shape index (κ2) is 14.5. The van der Waals surface area contributed by atoms with E-state index in [9.17, 15) is 9.59 Å². The topological polar surface area (TPSA) is 78.8 Å². The highest BCUT2D eigenvalue weighted by atomic mass is 19.1. The number of carbonyl (C=O) groups is 2. The van der Waals surface area contributed by atoms with Crippen molar-refractivity contribution in [3.63, 3.8) is 0 Å². The van der Waals surface area contributed by atoms with Crippen LogP contribution in [0, 0.1) is 5.82 Å². The van der Waals surface area contributed by atoms with Gasteiger partial charge in [0.2, 0.25) is 0 Å². The number of hydrogen-bond donors (Lipinski definition) is 1. The molecule has 48 heavy (non-hydrogen) atoms. The van der Waals surface area contributed by atoms with E-state index in [2.05, 4.69) is 23.7 Å². The standard InChI is InChI=1S/C40H47FN2O5/c1-26(2)36-35(38(45)42-28-18-12-9-13-19-28)34(27-16-10-8-11-17-27)37(31-20-14-15-21-32(31)41)43(36)23-22-29-24-30(47-40(6,7)46-29)25-33(44)48-39(3,4)5/h8-21,26,29-30H,22-25H2,1-7H3,(H,42,45)/t29-,30-/m1/s1. The maximum Gasteiger partial charge on any atom is 0.308 e. The molecular formula is C40H47FN2O5. The van der Waals surface area contributed by atoms with Crippen molar-refractivity contribution >= 4 is 17.6 Å². The second-order valence-electron chi connectivity index (χ2n) is 14.2. The fourth-order valence-electron chi connectivity index (χ4n) is 6.60. The van der Waals surface area contributed by atoms with Gasteiger partial charge in [0.15, 0.2) is 5.79 Å². The molecule has 1 fully saturated rings. The number of para-hydroxylation sites is 1. The Balaban J connectivity index is 1.60. The van der Waals surface area contributed by atoms with Gasteiger partial charge in [0.25, 0.3) is 5.91 Å². The summed E-state index contributed by atoms with van der Waals surface area (Å²) in [6.45, 7) is 13.8. The summed E-state index contributed by atoms with van der Waals surface area (Å²) in [5.41, 5.74) is 3.93. The molecule has 0 aliphatic carbocycles.